The summed E-state index contributed by atoms with van der Waals surface area (Å²) in [6.45, 7) is -0.804. The average molecular weight is 286 g/mol. The highest BCUT2D eigenvalue weighted by Crippen LogP contribution is 2.21. The molecule has 1 N–H and O–H groups in total. The lowest BCUT2D eigenvalue weighted by Crippen LogP contribution is -2.36. The molecule has 0 spiro atoms. The van der Waals surface area contributed by atoms with Crippen LogP contribution in [0.15, 0.2) is 27.6 Å². The summed E-state index contributed by atoms with van der Waals surface area (Å²) in [7, 11) is 0. The summed E-state index contributed by atoms with van der Waals surface area (Å²) >= 11 is 3.01. The minimum atomic E-state index is -4.72. The van der Waals surface area contributed by atoms with Crippen LogP contribution in [0.25, 0.3) is 0 Å². The van der Waals surface area contributed by atoms with Crippen molar-refractivity contribution in [3.8, 4) is 0 Å². The molecule has 15 heavy (non-hydrogen) atoms. The summed E-state index contributed by atoms with van der Waals surface area (Å²) in [6, 6.07) is 2.53. The molecule has 0 aliphatic carbocycles. The Morgan fingerprint density at radius 1 is 1.47 bits per heavy atom. The summed E-state index contributed by atoms with van der Waals surface area (Å²) in [5.41, 5.74) is -0.596. The normalized spacial score (nSPS) is 13.9. The Morgan fingerprint density at radius 2 is 2.07 bits per heavy atom. The molecule has 0 fully saturated rings. The maximum absolute atomic E-state index is 12.0. The summed E-state index contributed by atoms with van der Waals surface area (Å²) < 4.78 is 37.2. The van der Waals surface area contributed by atoms with Gasteiger partial charge >= 0.3 is 6.18 Å². The highest BCUT2D eigenvalue weighted by atomic mass is 79.9. The lowest BCUT2D eigenvalue weighted by Gasteiger charge is -2.15. The minimum Gasteiger partial charge on any atom is -0.382 e. The first-order valence-corrected chi connectivity index (χ1v) is 4.71. The van der Waals surface area contributed by atoms with Crippen LogP contribution in [-0.4, -0.2) is 22.0 Å². The van der Waals surface area contributed by atoms with E-state index in [-0.39, 0.29) is 0 Å². The van der Waals surface area contributed by atoms with E-state index in [1.807, 2.05) is 0 Å². The van der Waals surface area contributed by atoms with Crippen LogP contribution in [-0.2, 0) is 6.54 Å². The molecular weight excluding hydrogens is 279 g/mol. The molecule has 7 heteroatoms. The average Bonchev–Trinajstić information content (AvgIpc) is 2.09. The molecule has 0 aromatic carbocycles. The van der Waals surface area contributed by atoms with Gasteiger partial charge in [-0.05, 0) is 22.0 Å². The molecule has 0 aliphatic rings. The van der Waals surface area contributed by atoms with E-state index in [0.29, 0.717) is 4.47 Å². The fourth-order valence-corrected chi connectivity index (χ4v) is 1.31. The van der Waals surface area contributed by atoms with Crippen LogP contribution in [0.1, 0.15) is 0 Å². The molecule has 1 unspecified atom stereocenters. The van der Waals surface area contributed by atoms with E-state index in [0.717, 1.165) is 10.6 Å². The standard InChI is InChI=1S/C8H7BrF3NO2/c9-5-1-2-7(15)13(3-5)4-6(14)8(10,11)12/h1-3,6,14H,4H2. The summed E-state index contributed by atoms with van der Waals surface area (Å²) in [5, 5.41) is 8.75. The van der Waals surface area contributed by atoms with Crippen molar-refractivity contribution in [2.24, 2.45) is 0 Å². The van der Waals surface area contributed by atoms with Crippen molar-refractivity contribution in [1.82, 2.24) is 4.57 Å². The van der Waals surface area contributed by atoms with Gasteiger partial charge in [0.25, 0.3) is 5.56 Å². The number of alkyl halides is 3. The lowest BCUT2D eigenvalue weighted by atomic mass is 10.3. The van der Waals surface area contributed by atoms with Gasteiger partial charge in [-0.25, -0.2) is 0 Å². The molecule has 1 heterocycles. The van der Waals surface area contributed by atoms with Crippen molar-refractivity contribution in [3.63, 3.8) is 0 Å². The van der Waals surface area contributed by atoms with Crippen LogP contribution in [0, 0.1) is 0 Å². The molecule has 0 radical (unpaired) electrons. The minimum absolute atomic E-state index is 0.469. The number of aliphatic hydroxyl groups excluding tert-OH is 1. The Labute approximate surface area is 91.3 Å². The molecule has 0 saturated heterocycles. The van der Waals surface area contributed by atoms with E-state index in [4.69, 9.17) is 5.11 Å². The fourth-order valence-electron chi connectivity index (χ4n) is 0.935. The predicted molar refractivity (Wildman–Crippen MR) is 50.5 cm³/mol. The van der Waals surface area contributed by atoms with Gasteiger partial charge in [-0.1, -0.05) is 0 Å². The van der Waals surface area contributed by atoms with Crippen LogP contribution < -0.4 is 5.56 Å². The van der Waals surface area contributed by atoms with E-state index in [1.54, 1.807) is 0 Å². The van der Waals surface area contributed by atoms with Crippen molar-refractivity contribution in [2.45, 2.75) is 18.8 Å². The largest absolute Gasteiger partial charge is 0.416 e. The second-order valence-corrected chi connectivity index (χ2v) is 3.81. The zero-order valence-electron chi connectivity index (χ0n) is 7.33. The third kappa shape index (κ3) is 3.35. The molecule has 1 aromatic heterocycles. The number of hydrogen-bond donors (Lipinski definition) is 1. The molecule has 0 aliphatic heterocycles. The third-order valence-corrected chi connectivity index (χ3v) is 2.16. The van der Waals surface area contributed by atoms with E-state index >= 15 is 0 Å². The van der Waals surface area contributed by atoms with Gasteiger partial charge in [0.15, 0.2) is 6.10 Å². The number of rotatable bonds is 2. The number of nitrogens with zero attached hydrogens (tertiary/aromatic N) is 1. The van der Waals surface area contributed by atoms with E-state index < -0.39 is 24.4 Å². The van der Waals surface area contributed by atoms with Gasteiger partial charge in [-0.15, -0.1) is 0 Å². The molecule has 1 rings (SSSR count). The van der Waals surface area contributed by atoms with E-state index in [2.05, 4.69) is 15.9 Å². The van der Waals surface area contributed by atoms with Crippen molar-refractivity contribution < 1.29 is 18.3 Å². The molecular formula is C8H7BrF3NO2. The summed E-state index contributed by atoms with van der Waals surface area (Å²) in [6.07, 6.45) is -6.07. The topological polar surface area (TPSA) is 42.2 Å². The van der Waals surface area contributed by atoms with Gasteiger partial charge in [0.05, 0.1) is 6.54 Å². The van der Waals surface area contributed by atoms with Gasteiger partial charge < -0.3 is 9.67 Å². The molecule has 3 nitrogen and oxygen atoms in total. The first-order chi connectivity index (χ1) is 6.80. The first kappa shape index (κ1) is 12.3. The highest BCUT2D eigenvalue weighted by Gasteiger charge is 2.38. The third-order valence-electron chi connectivity index (χ3n) is 1.69. The number of halogens is 4. The first-order valence-electron chi connectivity index (χ1n) is 3.91. The Morgan fingerprint density at radius 3 is 2.60 bits per heavy atom. The molecule has 0 bridgehead atoms. The Bertz CT molecular complexity index is 402. The van der Waals surface area contributed by atoms with Crippen LogP contribution >= 0.6 is 15.9 Å². The Kier molecular flexibility index (Phi) is 3.56. The molecule has 1 atom stereocenters. The van der Waals surface area contributed by atoms with Crippen LogP contribution in [0.2, 0.25) is 0 Å². The smallest absolute Gasteiger partial charge is 0.382 e. The highest BCUT2D eigenvalue weighted by molar-refractivity contribution is 9.10. The maximum atomic E-state index is 12.0. The van der Waals surface area contributed by atoms with Gasteiger partial charge in [-0.3, -0.25) is 4.79 Å². The Hall–Kier alpha value is -0.820. The molecule has 0 saturated carbocycles. The zero-order chi connectivity index (χ0) is 11.6. The van der Waals surface area contributed by atoms with Crippen LogP contribution in [0.5, 0.6) is 0 Å². The SMILES string of the molecule is O=c1ccc(Br)cn1CC(O)C(F)(F)F. The van der Waals surface area contributed by atoms with Crippen molar-refractivity contribution in [2.75, 3.05) is 0 Å². The summed E-state index contributed by atoms with van der Waals surface area (Å²) in [4.78, 5) is 11.1. The summed E-state index contributed by atoms with van der Waals surface area (Å²) in [5.74, 6) is 0. The van der Waals surface area contributed by atoms with Gasteiger partial charge in [0, 0.05) is 16.7 Å². The van der Waals surface area contributed by atoms with E-state index in [9.17, 15) is 18.0 Å². The van der Waals surface area contributed by atoms with Gasteiger partial charge in [-0.2, -0.15) is 13.2 Å². The number of aromatic nitrogens is 1. The maximum Gasteiger partial charge on any atom is 0.416 e. The van der Waals surface area contributed by atoms with Crippen molar-refractivity contribution in [3.05, 3.63) is 33.2 Å². The Balaban J connectivity index is 2.90. The lowest BCUT2D eigenvalue weighted by molar-refractivity contribution is -0.207. The van der Waals surface area contributed by atoms with Crippen molar-refractivity contribution >= 4 is 15.9 Å². The van der Waals surface area contributed by atoms with Crippen LogP contribution in [0.3, 0.4) is 0 Å². The number of aliphatic hydroxyl groups is 1. The number of hydrogen-bond acceptors (Lipinski definition) is 2. The molecule has 84 valence electrons. The number of pyridine rings is 1. The molecule has 1 aromatic rings. The molecule has 0 amide bonds. The second kappa shape index (κ2) is 4.36. The fraction of sp³-hybridized carbons (Fsp3) is 0.375. The predicted octanol–water partition coefficient (Wildman–Crippen LogP) is 1.53. The van der Waals surface area contributed by atoms with Crippen LogP contribution in [0.4, 0.5) is 13.2 Å². The van der Waals surface area contributed by atoms with E-state index in [1.165, 1.54) is 12.3 Å². The quantitative estimate of drug-likeness (QED) is 0.896. The van der Waals surface area contributed by atoms with Gasteiger partial charge in [0.2, 0.25) is 0 Å². The zero-order valence-corrected chi connectivity index (χ0v) is 8.92. The monoisotopic (exact) mass is 285 g/mol. The van der Waals surface area contributed by atoms with Gasteiger partial charge in [0.1, 0.15) is 0 Å². The van der Waals surface area contributed by atoms with Crippen molar-refractivity contribution in [1.29, 1.82) is 0 Å². The second-order valence-electron chi connectivity index (χ2n) is 2.90.